The summed E-state index contributed by atoms with van der Waals surface area (Å²) < 4.78 is 20.8. The van der Waals surface area contributed by atoms with Crippen molar-refractivity contribution < 1.29 is 13.9 Å². The summed E-state index contributed by atoms with van der Waals surface area (Å²) in [5, 5.41) is 15.8. The molecule has 0 spiro atoms. The number of fused-ring (bicyclic) bond motifs is 1. The van der Waals surface area contributed by atoms with E-state index in [4.69, 9.17) is 4.74 Å². The molecule has 2 aliphatic rings. The molecule has 2 N–H and O–H groups in total. The van der Waals surface area contributed by atoms with Crippen LogP contribution in [0.1, 0.15) is 25.5 Å². The van der Waals surface area contributed by atoms with E-state index in [1.54, 1.807) is 12.4 Å². The van der Waals surface area contributed by atoms with Crippen molar-refractivity contribution in [3.05, 3.63) is 30.2 Å². The van der Waals surface area contributed by atoms with Crippen LogP contribution in [0.15, 0.2) is 24.5 Å². The first kappa shape index (κ1) is 20.4. The van der Waals surface area contributed by atoms with Gasteiger partial charge < -0.3 is 20.3 Å². The third-order valence-electron chi connectivity index (χ3n) is 5.63. The van der Waals surface area contributed by atoms with Gasteiger partial charge in [-0.1, -0.05) is 0 Å². The van der Waals surface area contributed by atoms with Crippen molar-refractivity contribution in [3.63, 3.8) is 0 Å². The number of hydrogen-bond donors (Lipinski definition) is 2. The molecular weight excluding hydrogens is 387 g/mol. The van der Waals surface area contributed by atoms with Gasteiger partial charge >= 0.3 is 0 Å². The Morgan fingerprint density at radius 1 is 1.50 bits per heavy atom. The number of pyridine rings is 2. The van der Waals surface area contributed by atoms with E-state index in [-0.39, 0.29) is 37.4 Å². The fraction of sp³-hybridized carbons (Fsp3) is 0.524. The van der Waals surface area contributed by atoms with Crippen LogP contribution in [0, 0.1) is 11.3 Å². The van der Waals surface area contributed by atoms with Crippen LogP contribution in [-0.4, -0.2) is 66.5 Å². The minimum Gasteiger partial charge on any atom is -0.370 e. The molecule has 9 heteroatoms. The van der Waals surface area contributed by atoms with E-state index in [9.17, 15) is 14.4 Å². The summed E-state index contributed by atoms with van der Waals surface area (Å²) in [6, 6.07) is 5.82. The molecule has 0 saturated carbocycles. The number of halogens is 1. The molecule has 0 aromatic carbocycles. The maximum absolute atomic E-state index is 14.8. The standard InChI is InChI=1S/C21H25FN6O2/c1-14-11-28(18-10-26-17(8-23)19-16(18)4-2-7-25-19)12-15(30-14)9-27-20(29)21(22)5-3-6-24-13-21/h2,4,7,10,14-15,24H,3,5-6,9,11-13H2,1H3,(H,27,29)/t14-,15+,21-/m1/s1. The molecule has 2 aliphatic heterocycles. The number of aromatic nitrogens is 2. The molecule has 158 valence electrons. The van der Waals surface area contributed by atoms with Crippen LogP contribution in [0.25, 0.3) is 10.9 Å². The lowest BCUT2D eigenvalue weighted by Crippen LogP contribution is -2.56. The van der Waals surface area contributed by atoms with Crippen LogP contribution in [0.4, 0.5) is 10.1 Å². The van der Waals surface area contributed by atoms with Gasteiger partial charge in [0.2, 0.25) is 5.67 Å². The minimum atomic E-state index is -1.86. The van der Waals surface area contributed by atoms with Crippen LogP contribution >= 0.6 is 0 Å². The van der Waals surface area contributed by atoms with E-state index in [0.29, 0.717) is 25.0 Å². The smallest absolute Gasteiger partial charge is 0.259 e. The number of ether oxygens (including phenoxy) is 1. The molecule has 0 aliphatic carbocycles. The average molecular weight is 412 g/mol. The zero-order valence-corrected chi connectivity index (χ0v) is 16.9. The summed E-state index contributed by atoms with van der Waals surface area (Å²) in [7, 11) is 0. The molecule has 2 aromatic rings. The van der Waals surface area contributed by atoms with Gasteiger partial charge in [0.1, 0.15) is 11.6 Å². The Bertz CT molecular complexity index is 972. The molecule has 2 saturated heterocycles. The summed E-state index contributed by atoms with van der Waals surface area (Å²) in [4.78, 5) is 23.1. The number of anilines is 1. The first-order valence-corrected chi connectivity index (χ1v) is 10.2. The number of nitrogens with one attached hydrogen (secondary N) is 2. The second kappa shape index (κ2) is 8.50. The van der Waals surface area contributed by atoms with E-state index in [1.807, 2.05) is 19.1 Å². The topological polar surface area (TPSA) is 103 Å². The van der Waals surface area contributed by atoms with Crippen LogP contribution in [0.5, 0.6) is 0 Å². The minimum absolute atomic E-state index is 0.0444. The lowest BCUT2D eigenvalue weighted by molar-refractivity contribution is -0.135. The Balaban J connectivity index is 1.48. The van der Waals surface area contributed by atoms with E-state index in [1.165, 1.54) is 0 Å². The van der Waals surface area contributed by atoms with Gasteiger partial charge in [0, 0.05) is 37.8 Å². The molecular formula is C21H25FN6O2. The number of rotatable bonds is 4. The first-order chi connectivity index (χ1) is 14.5. The second-order valence-corrected chi connectivity index (χ2v) is 7.93. The molecule has 8 nitrogen and oxygen atoms in total. The fourth-order valence-electron chi connectivity index (χ4n) is 4.17. The number of morpholine rings is 1. The third-order valence-corrected chi connectivity index (χ3v) is 5.63. The van der Waals surface area contributed by atoms with Crippen molar-refractivity contribution in [2.24, 2.45) is 0 Å². The second-order valence-electron chi connectivity index (χ2n) is 7.93. The van der Waals surface area contributed by atoms with E-state index < -0.39 is 11.6 Å². The molecule has 0 bridgehead atoms. The molecule has 3 atom stereocenters. The lowest BCUT2D eigenvalue weighted by Gasteiger charge is -2.39. The Morgan fingerprint density at radius 2 is 2.37 bits per heavy atom. The van der Waals surface area contributed by atoms with Crippen LogP contribution in [0.3, 0.4) is 0 Å². The van der Waals surface area contributed by atoms with E-state index >= 15 is 0 Å². The zero-order valence-electron chi connectivity index (χ0n) is 16.9. The number of carbonyl (C=O) groups is 1. The molecule has 4 rings (SSSR count). The quantitative estimate of drug-likeness (QED) is 0.780. The van der Waals surface area contributed by atoms with Gasteiger partial charge in [0.15, 0.2) is 5.69 Å². The highest BCUT2D eigenvalue weighted by atomic mass is 19.1. The molecule has 4 heterocycles. The Hall–Kier alpha value is -2.83. The van der Waals surface area contributed by atoms with E-state index in [2.05, 4.69) is 31.6 Å². The van der Waals surface area contributed by atoms with Crippen molar-refractivity contribution >= 4 is 22.5 Å². The fourth-order valence-corrected chi connectivity index (χ4v) is 4.17. The number of nitrogens with zero attached hydrogens (tertiary/aromatic N) is 4. The number of alkyl halides is 1. The first-order valence-electron chi connectivity index (χ1n) is 10.2. The van der Waals surface area contributed by atoms with Crippen molar-refractivity contribution in [3.8, 4) is 6.07 Å². The van der Waals surface area contributed by atoms with Crippen LogP contribution < -0.4 is 15.5 Å². The van der Waals surface area contributed by atoms with Gasteiger partial charge in [-0.3, -0.25) is 9.78 Å². The van der Waals surface area contributed by atoms with Gasteiger partial charge in [0.05, 0.1) is 24.1 Å². The maximum Gasteiger partial charge on any atom is 0.259 e. The highest BCUT2D eigenvalue weighted by molar-refractivity contribution is 5.93. The molecule has 30 heavy (non-hydrogen) atoms. The molecule has 1 amide bonds. The summed E-state index contributed by atoms with van der Waals surface area (Å²) in [6.07, 6.45) is 3.82. The van der Waals surface area contributed by atoms with Gasteiger partial charge in [-0.15, -0.1) is 0 Å². The van der Waals surface area contributed by atoms with Gasteiger partial charge in [0.25, 0.3) is 5.91 Å². The number of piperidine rings is 1. The Morgan fingerprint density at radius 3 is 3.13 bits per heavy atom. The summed E-state index contributed by atoms with van der Waals surface area (Å²) >= 11 is 0. The summed E-state index contributed by atoms with van der Waals surface area (Å²) in [6.45, 7) is 4.12. The van der Waals surface area contributed by atoms with Crippen molar-refractivity contribution in [1.82, 2.24) is 20.6 Å². The molecule has 2 fully saturated rings. The Kier molecular flexibility index (Phi) is 5.79. The SMILES string of the molecule is C[C@@H]1CN(c2cnc(C#N)c3ncccc23)C[C@H](CNC(=O)[C@@]2(F)CCCNC2)O1. The Labute approximate surface area is 174 Å². The summed E-state index contributed by atoms with van der Waals surface area (Å²) in [5.74, 6) is -0.585. The lowest BCUT2D eigenvalue weighted by atomic mass is 9.95. The average Bonchev–Trinajstić information content (AvgIpc) is 2.76. The van der Waals surface area contributed by atoms with Crippen LogP contribution in [0.2, 0.25) is 0 Å². The van der Waals surface area contributed by atoms with Gasteiger partial charge in [-0.25, -0.2) is 9.37 Å². The number of nitriles is 1. The molecule has 0 radical (unpaired) electrons. The predicted octanol–water partition coefficient (Wildman–Crippen LogP) is 1.30. The highest BCUT2D eigenvalue weighted by Gasteiger charge is 2.40. The number of hydrogen-bond acceptors (Lipinski definition) is 7. The monoisotopic (exact) mass is 412 g/mol. The van der Waals surface area contributed by atoms with Gasteiger partial charge in [-0.2, -0.15) is 5.26 Å². The predicted molar refractivity (Wildman–Crippen MR) is 110 cm³/mol. The van der Waals surface area contributed by atoms with E-state index in [0.717, 1.165) is 17.6 Å². The number of amides is 1. The summed E-state index contributed by atoms with van der Waals surface area (Å²) in [5.41, 5.74) is -0.154. The number of carbonyl (C=O) groups excluding carboxylic acids is 1. The largest absolute Gasteiger partial charge is 0.370 e. The maximum atomic E-state index is 14.8. The van der Waals surface area contributed by atoms with Crippen molar-refractivity contribution in [1.29, 1.82) is 5.26 Å². The van der Waals surface area contributed by atoms with Crippen LogP contribution in [-0.2, 0) is 9.53 Å². The molecule has 0 unspecified atom stereocenters. The third kappa shape index (κ3) is 4.06. The zero-order chi connectivity index (χ0) is 21.1. The normalized spacial score (nSPS) is 26.9. The van der Waals surface area contributed by atoms with Gasteiger partial charge in [-0.05, 0) is 38.4 Å². The molecule has 2 aromatic heterocycles. The van der Waals surface area contributed by atoms with Crippen molar-refractivity contribution in [2.45, 2.75) is 37.6 Å². The van der Waals surface area contributed by atoms with Crippen molar-refractivity contribution in [2.75, 3.05) is 37.6 Å². The highest BCUT2D eigenvalue weighted by Crippen LogP contribution is 2.29.